The summed E-state index contributed by atoms with van der Waals surface area (Å²) in [7, 11) is 0. The second kappa shape index (κ2) is 6.26. The normalized spacial score (nSPS) is 44.8. The van der Waals surface area contributed by atoms with Crippen molar-refractivity contribution in [1.82, 2.24) is 4.90 Å². The van der Waals surface area contributed by atoms with Gasteiger partial charge in [-0.15, -0.1) is 0 Å². The van der Waals surface area contributed by atoms with Crippen molar-refractivity contribution in [1.29, 1.82) is 5.26 Å². The van der Waals surface area contributed by atoms with Gasteiger partial charge in [-0.25, -0.2) is 0 Å². The van der Waals surface area contributed by atoms with Gasteiger partial charge in [0.1, 0.15) is 0 Å². The molecule has 0 aromatic heterocycles. The smallest absolute Gasteiger partial charge is 0.0700 e. The molecule has 3 rings (SSSR count). The molecule has 5 unspecified atom stereocenters. The van der Waals surface area contributed by atoms with E-state index in [1.807, 2.05) is 0 Å². The lowest BCUT2D eigenvalue weighted by molar-refractivity contribution is -0.109. The number of aliphatic hydroxyl groups is 1. The summed E-state index contributed by atoms with van der Waals surface area (Å²) in [6, 6.07) is 3.02. The molecular formula is C18H30N2O. The Hall–Kier alpha value is -0.590. The molecule has 118 valence electrons. The molecule has 3 fully saturated rings. The van der Waals surface area contributed by atoms with Gasteiger partial charge >= 0.3 is 0 Å². The minimum Gasteiger partial charge on any atom is -0.390 e. The number of hydrogen-bond donors (Lipinski definition) is 1. The molecule has 5 atom stereocenters. The van der Waals surface area contributed by atoms with Gasteiger partial charge in [0, 0.05) is 25.0 Å². The van der Waals surface area contributed by atoms with Crippen molar-refractivity contribution in [3.63, 3.8) is 0 Å². The highest BCUT2D eigenvalue weighted by Gasteiger charge is 2.45. The molecule has 1 N–H and O–H groups in total. The van der Waals surface area contributed by atoms with E-state index in [9.17, 15) is 10.4 Å². The maximum Gasteiger partial charge on any atom is 0.0700 e. The molecule has 0 radical (unpaired) electrons. The summed E-state index contributed by atoms with van der Waals surface area (Å²) in [5.41, 5.74) is -0.393. The maximum absolute atomic E-state index is 10.8. The van der Waals surface area contributed by atoms with Crippen LogP contribution in [0, 0.1) is 29.1 Å². The van der Waals surface area contributed by atoms with Crippen molar-refractivity contribution in [3.05, 3.63) is 0 Å². The second-order valence-corrected chi connectivity index (χ2v) is 7.68. The van der Waals surface area contributed by atoms with Crippen molar-refractivity contribution >= 4 is 0 Å². The predicted molar refractivity (Wildman–Crippen MR) is 83.6 cm³/mol. The molecule has 3 aliphatic rings. The summed E-state index contributed by atoms with van der Waals surface area (Å²) in [5, 5.41) is 20.3. The monoisotopic (exact) mass is 290 g/mol. The number of nitriles is 1. The van der Waals surface area contributed by atoms with Crippen LogP contribution in [0.1, 0.15) is 64.7 Å². The van der Waals surface area contributed by atoms with E-state index in [0.29, 0.717) is 12.0 Å². The van der Waals surface area contributed by atoms with E-state index < -0.39 is 5.60 Å². The summed E-state index contributed by atoms with van der Waals surface area (Å²) in [6.45, 7) is 4.30. The lowest BCUT2D eigenvalue weighted by Gasteiger charge is -2.51. The first-order valence-electron chi connectivity index (χ1n) is 9.02. The first kappa shape index (κ1) is 15.3. The zero-order valence-electron chi connectivity index (χ0n) is 13.4. The van der Waals surface area contributed by atoms with Crippen LogP contribution >= 0.6 is 0 Å². The molecule has 2 saturated carbocycles. The van der Waals surface area contributed by atoms with Crippen LogP contribution in [0.15, 0.2) is 0 Å². The highest BCUT2D eigenvalue weighted by molar-refractivity contribution is 5.02. The molecule has 0 spiro atoms. The van der Waals surface area contributed by atoms with Crippen molar-refractivity contribution in [3.8, 4) is 6.07 Å². The summed E-state index contributed by atoms with van der Waals surface area (Å²) >= 11 is 0. The van der Waals surface area contributed by atoms with Crippen molar-refractivity contribution in [2.24, 2.45) is 17.8 Å². The fraction of sp³-hybridized carbons (Fsp3) is 0.944. The molecule has 3 heteroatoms. The summed E-state index contributed by atoms with van der Waals surface area (Å²) in [4.78, 5) is 2.57. The molecule has 0 aromatic rings. The van der Waals surface area contributed by atoms with Crippen LogP contribution in [-0.2, 0) is 0 Å². The first-order chi connectivity index (χ1) is 10.2. The molecule has 0 bridgehead atoms. The highest BCUT2D eigenvalue weighted by atomic mass is 16.3. The average molecular weight is 290 g/mol. The van der Waals surface area contributed by atoms with E-state index >= 15 is 0 Å². The van der Waals surface area contributed by atoms with Crippen LogP contribution in [0.2, 0.25) is 0 Å². The Morgan fingerprint density at radius 2 is 2.10 bits per heavy atom. The fourth-order valence-electron chi connectivity index (χ4n) is 5.05. The van der Waals surface area contributed by atoms with E-state index in [1.165, 1.54) is 38.5 Å². The predicted octanol–water partition coefficient (Wildman–Crippen LogP) is 3.33. The van der Waals surface area contributed by atoms with Crippen LogP contribution in [0.25, 0.3) is 0 Å². The van der Waals surface area contributed by atoms with Crippen molar-refractivity contribution in [2.45, 2.75) is 76.4 Å². The van der Waals surface area contributed by atoms with Gasteiger partial charge in [0.2, 0.25) is 0 Å². The standard InChI is InChI=1S/C18H30N2O/c1-2-14-6-7-15(12-19)17(11-14)20-10-9-18(21)8-4-3-5-16(18)13-20/h14-17,21H,2-11,13H2,1H3. The van der Waals surface area contributed by atoms with E-state index in [4.69, 9.17) is 0 Å². The number of hydrogen-bond acceptors (Lipinski definition) is 3. The summed E-state index contributed by atoms with van der Waals surface area (Å²) in [5.74, 6) is 1.45. The van der Waals surface area contributed by atoms with Crippen LogP contribution in [-0.4, -0.2) is 34.7 Å². The number of likely N-dealkylation sites (tertiary alicyclic amines) is 1. The fourth-order valence-corrected chi connectivity index (χ4v) is 5.05. The zero-order chi connectivity index (χ0) is 14.9. The van der Waals surface area contributed by atoms with Crippen LogP contribution < -0.4 is 0 Å². The number of piperidine rings is 1. The van der Waals surface area contributed by atoms with Gasteiger partial charge in [0.25, 0.3) is 0 Å². The summed E-state index contributed by atoms with van der Waals surface area (Å²) in [6.07, 6.45) is 10.3. The largest absolute Gasteiger partial charge is 0.390 e. The molecule has 1 saturated heterocycles. The Morgan fingerprint density at radius 1 is 1.24 bits per heavy atom. The van der Waals surface area contributed by atoms with Gasteiger partial charge in [-0.05, 0) is 44.4 Å². The quantitative estimate of drug-likeness (QED) is 0.848. The van der Waals surface area contributed by atoms with Crippen LogP contribution in [0.4, 0.5) is 0 Å². The Bertz CT molecular complexity index is 405. The van der Waals surface area contributed by atoms with Gasteiger partial charge in [-0.1, -0.05) is 26.2 Å². The minimum atomic E-state index is -0.393. The molecular weight excluding hydrogens is 260 g/mol. The number of rotatable bonds is 2. The SMILES string of the molecule is CCC1CCC(C#N)C(N2CCC3(O)CCCCC3C2)C1. The van der Waals surface area contributed by atoms with Gasteiger partial charge in [0.15, 0.2) is 0 Å². The van der Waals surface area contributed by atoms with Gasteiger partial charge < -0.3 is 5.11 Å². The third kappa shape index (κ3) is 2.98. The molecule has 21 heavy (non-hydrogen) atoms. The Kier molecular flexibility index (Phi) is 4.57. The third-order valence-electron chi connectivity index (χ3n) is 6.60. The molecule has 3 nitrogen and oxygen atoms in total. The van der Waals surface area contributed by atoms with Gasteiger partial charge in [-0.3, -0.25) is 4.90 Å². The van der Waals surface area contributed by atoms with E-state index in [0.717, 1.165) is 38.3 Å². The maximum atomic E-state index is 10.8. The summed E-state index contributed by atoms with van der Waals surface area (Å²) < 4.78 is 0. The number of fused-ring (bicyclic) bond motifs is 1. The number of nitrogens with zero attached hydrogens (tertiary/aromatic N) is 2. The molecule has 0 aromatic carbocycles. The van der Waals surface area contributed by atoms with Crippen LogP contribution in [0.3, 0.4) is 0 Å². The molecule has 2 aliphatic carbocycles. The highest BCUT2D eigenvalue weighted by Crippen LogP contribution is 2.42. The van der Waals surface area contributed by atoms with E-state index in [1.54, 1.807) is 0 Å². The molecule has 1 heterocycles. The first-order valence-corrected chi connectivity index (χ1v) is 9.02. The Balaban J connectivity index is 1.69. The van der Waals surface area contributed by atoms with Crippen LogP contribution in [0.5, 0.6) is 0 Å². The van der Waals surface area contributed by atoms with Crippen molar-refractivity contribution < 1.29 is 5.11 Å². The zero-order valence-corrected chi connectivity index (χ0v) is 13.4. The molecule has 0 amide bonds. The van der Waals surface area contributed by atoms with E-state index in [2.05, 4.69) is 17.9 Å². The lowest BCUT2D eigenvalue weighted by atomic mass is 9.69. The second-order valence-electron chi connectivity index (χ2n) is 7.68. The van der Waals surface area contributed by atoms with Gasteiger partial charge in [-0.2, -0.15) is 5.26 Å². The Labute approximate surface area is 129 Å². The lowest BCUT2D eigenvalue weighted by Crippen LogP contribution is -2.57. The third-order valence-corrected chi connectivity index (χ3v) is 6.60. The average Bonchev–Trinajstić information content (AvgIpc) is 2.53. The van der Waals surface area contributed by atoms with Crippen molar-refractivity contribution in [2.75, 3.05) is 13.1 Å². The van der Waals surface area contributed by atoms with Gasteiger partial charge in [0.05, 0.1) is 17.6 Å². The Morgan fingerprint density at radius 3 is 2.86 bits per heavy atom. The minimum absolute atomic E-state index is 0.211. The topological polar surface area (TPSA) is 47.3 Å². The van der Waals surface area contributed by atoms with E-state index in [-0.39, 0.29) is 5.92 Å². The molecule has 1 aliphatic heterocycles.